The van der Waals surface area contributed by atoms with Gasteiger partial charge < -0.3 is 5.32 Å². The lowest BCUT2D eigenvalue weighted by Gasteiger charge is -2.07. The molecule has 0 radical (unpaired) electrons. The van der Waals surface area contributed by atoms with Crippen molar-refractivity contribution in [2.24, 2.45) is 7.05 Å². The zero-order valence-corrected chi connectivity index (χ0v) is 14.4. The highest BCUT2D eigenvalue weighted by Gasteiger charge is 2.22. The van der Waals surface area contributed by atoms with E-state index in [9.17, 15) is 14.9 Å². The third-order valence-corrected chi connectivity index (χ3v) is 4.40. The van der Waals surface area contributed by atoms with Crippen LogP contribution in [-0.4, -0.2) is 24.6 Å². The van der Waals surface area contributed by atoms with Crippen LogP contribution in [0.1, 0.15) is 5.69 Å². The number of anilines is 2. The Labute approximate surface area is 151 Å². The Balaban J connectivity index is 1.84. The summed E-state index contributed by atoms with van der Waals surface area (Å²) in [5.74, 6) is 0. The van der Waals surface area contributed by atoms with E-state index < -0.39 is 4.92 Å². The number of hydrogen-bond acceptors (Lipinski definition) is 7. The van der Waals surface area contributed by atoms with Crippen LogP contribution in [0.25, 0.3) is 16.7 Å². The quantitative estimate of drug-likeness (QED) is 0.435. The molecule has 0 saturated heterocycles. The highest BCUT2D eigenvalue weighted by molar-refractivity contribution is 5.94. The van der Waals surface area contributed by atoms with Gasteiger partial charge in [-0.05, 0) is 35.4 Å². The normalized spacial score (nSPS) is 11.0. The molecule has 0 aliphatic carbocycles. The zero-order chi connectivity index (χ0) is 19.1. The first kappa shape index (κ1) is 16.5. The second-order valence-corrected chi connectivity index (χ2v) is 5.91. The van der Waals surface area contributed by atoms with Gasteiger partial charge in [-0.1, -0.05) is 18.2 Å². The van der Waals surface area contributed by atoms with E-state index in [4.69, 9.17) is 0 Å². The van der Waals surface area contributed by atoms with Crippen molar-refractivity contribution in [3.8, 4) is 5.69 Å². The van der Waals surface area contributed by atoms with Crippen LogP contribution in [0.15, 0.2) is 51.9 Å². The average Bonchev–Trinajstić information content (AvgIpc) is 3.22. The summed E-state index contributed by atoms with van der Waals surface area (Å²) in [6.07, 6.45) is 0. The molecule has 10 heteroatoms. The minimum absolute atomic E-state index is 0.0157. The fraction of sp³-hybridized carbons (Fsp3) is 0.118. The fourth-order valence-corrected chi connectivity index (χ4v) is 2.95. The van der Waals surface area contributed by atoms with Crippen molar-refractivity contribution in [3.63, 3.8) is 0 Å². The molecule has 2 heterocycles. The number of nitro benzene ring substituents is 1. The van der Waals surface area contributed by atoms with Gasteiger partial charge in [0, 0.05) is 13.1 Å². The monoisotopic (exact) mass is 366 g/mol. The van der Waals surface area contributed by atoms with Gasteiger partial charge in [0.25, 0.3) is 5.56 Å². The van der Waals surface area contributed by atoms with Crippen LogP contribution in [-0.2, 0) is 7.05 Å². The number of nitrogens with zero attached hydrogens (tertiary/aromatic N) is 5. The largest absolute Gasteiger partial charge is 0.348 e. The summed E-state index contributed by atoms with van der Waals surface area (Å²) in [5, 5.41) is 21.5. The summed E-state index contributed by atoms with van der Waals surface area (Å²) < 4.78 is 7.91. The Morgan fingerprint density at radius 1 is 1.11 bits per heavy atom. The molecule has 1 N–H and O–H groups in total. The van der Waals surface area contributed by atoms with Crippen LogP contribution in [0, 0.1) is 17.0 Å². The lowest BCUT2D eigenvalue weighted by molar-refractivity contribution is -0.383. The molecule has 4 aromatic rings. The summed E-state index contributed by atoms with van der Waals surface area (Å²) >= 11 is 0. The molecule has 0 bridgehead atoms. The van der Waals surface area contributed by atoms with Gasteiger partial charge in [0.2, 0.25) is 5.52 Å². The summed E-state index contributed by atoms with van der Waals surface area (Å²) in [5.41, 5.74) is 1.85. The van der Waals surface area contributed by atoms with E-state index >= 15 is 0 Å². The van der Waals surface area contributed by atoms with Crippen LogP contribution in [0.2, 0.25) is 0 Å². The van der Waals surface area contributed by atoms with Crippen molar-refractivity contribution in [1.29, 1.82) is 0 Å². The number of para-hydroxylation sites is 1. The standard InChI is InChI=1S/C17H14N6O4/c1-10-14(17(24)22(21(10)2)11-6-4-3-5-7-11)18-12-8-9-13(23(25)26)16-15(12)19-27-20-16/h3-9,18H,1-2H3. The van der Waals surface area contributed by atoms with E-state index in [1.165, 1.54) is 16.8 Å². The maximum Gasteiger partial charge on any atom is 0.300 e. The predicted octanol–water partition coefficient (Wildman–Crippen LogP) is 2.67. The molecular formula is C17H14N6O4. The average molecular weight is 366 g/mol. The van der Waals surface area contributed by atoms with Crippen molar-refractivity contribution < 1.29 is 9.55 Å². The molecule has 0 spiro atoms. The maximum atomic E-state index is 13.0. The molecule has 0 atom stereocenters. The zero-order valence-electron chi connectivity index (χ0n) is 14.4. The summed E-state index contributed by atoms with van der Waals surface area (Å²) in [4.78, 5) is 23.5. The molecule has 136 valence electrons. The molecule has 0 saturated carbocycles. The highest BCUT2D eigenvalue weighted by Crippen LogP contribution is 2.30. The van der Waals surface area contributed by atoms with E-state index in [0.717, 1.165) is 5.69 Å². The number of nitro groups is 1. The van der Waals surface area contributed by atoms with Crippen molar-refractivity contribution in [3.05, 3.63) is 68.6 Å². The van der Waals surface area contributed by atoms with E-state index in [2.05, 4.69) is 20.3 Å². The molecule has 0 unspecified atom stereocenters. The van der Waals surface area contributed by atoms with Crippen LogP contribution < -0.4 is 10.9 Å². The summed E-state index contributed by atoms with van der Waals surface area (Å²) in [6.45, 7) is 1.80. The van der Waals surface area contributed by atoms with Crippen LogP contribution in [0.3, 0.4) is 0 Å². The number of nitrogens with one attached hydrogen (secondary N) is 1. The molecule has 0 aliphatic heterocycles. The Bertz CT molecular complexity index is 1220. The first-order valence-corrected chi connectivity index (χ1v) is 7.99. The minimum Gasteiger partial charge on any atom is -0.348 e. The minimum atomic E-state index is -0.563. The van der Waals surface area contributed by atoms with Gasteiger partial charge in [0.05, 0.1) is 22.0 Å². The third kappa shape index (κ3) is 2.54. The first-order valence-electron chi connectivity index (χ1n) is 7.99. The van der Waals surface area contributed by atoms with Crippen LogP contribution >= 0.6 is 0 Å². The Morgan fingerprint density at radius 2 is 1.81 bits per heavy atom. The number of non-ortho nitro benzene ring substituents is 1. The van der Waals surface area contributed by atoms with Crippen molar-refractivity contribution in [1.82, 2.24) is 19.7 Å². The Morgan fingerprint density at radius 3 is 2.52 bits per heavy atom. The lowest BCUT2D eigenvalue weighted by atomic mass is 10.2. The van der Waals surface area contributed by atoms with Gasteiger partial charge in [-0.15, -0.1) is 0 Å². The third-order valence-electron chi connectivity index (χ3n) is 4.40. The van der Waals surface area contributed by atoms with E-state index in [1.807, 2.05) is 30.3 Å². The van der Waals surface area contributed by atoms with E-state index in [0.29, 0.717) is 17.1 Å². The number of rotatable bonds is 4. The molecule has 27 heavy (non-hydrogen) atoms. The smallest absolute Gasteiger partial charge is 0.300 e. The predicted molar refractivity (Wildman–Crippen MR) is 97.5 cm³/mol. The molecule has 0 amide bonds. The van der Waals surface area contributed by atoms with E-state index in [1.54, 1.807) is 18.7 Å². The van der Waals surface area contributed by atoms with Crippen LogP contribution in [0.4, 0.5) is 17.1 Å². The van der Waals surface area contributed by atoms with Crippen molar-refractivity contribution >= 4 is 28.1 Å². The highest BCUT2D eigenvalue weighted by atomic mass is 16.6. The second-order valence-electron chi connectivity index (χ2n) is 5.91. The van der Waals surface area contributed by atoms with Gasteiger partial charge in [0.1, 0.15) is 5.69 Å². The van der Waals surface area contributed by atoms with Gasteiger partial charge in [-0.2, -0.15) is 0 Å². The SMILES string of the molecule is Cc1c(Nc2ccc([N+](=O)[O-])c3nonc23)c(=O)n(-c2ccccc2)n1C. The molecule has 2 aromatic heterocycles. The summed E-state index contributed by atoms with van der Waals surface area (Å²) in [6, 6.07) is 12.0. The number of fused-ring (bicyclic) bond motifs is 1. The molecule has 4 rings (SSSR count). The molecular weight excluding hydrogens is 352 g/mol. The lowest BCUT2D eigenvalue weighted by Crippen LogP contribution is -2.20. The molecule has 10 nitrogen and oxygen atoms in total. The van der Waals surface area contributed by atoms with Gasteiger partial charge in [0.15, 0.2) is 5.52 Å². The topological polar surface area (TPSA) is 121 Å². The first-order chi connectivity index (χ1) is 13.0. The molecule has 0 fully saturated rings. The number of aromatic nitrogens is 4. The van der Waals surface area contributed by atoms with Gasteiger partial charge in [-0.3, -0.25) is 19.6 Å². The van der Waals surface area contributed by atoms with Crippen molar-refractivity contribution in [2.75, 3.05) is 5.32 Å². The second kappa shape index (κ2) is 6.09. The molecule has 0 aliphatic rings. The van der Waals surface area contributed by atoms with Gasteiger partial charge >= 0.3 is 5.69 Å². The molecule has 2 aromatic carbocycles. The van der Waals surface area contributed by atoms with Gasteiger partial charge in [-0.25, -0.2) is 9.31 Å². The Kier molecular flexibility index (Phi) is 3.73. The number of benzene rings is 2. The summed E-state index contributed by atoms with van der Waals surface area (Å²) in [7, 11) is 1.78. The number of hydrogen-bond donors (Lipinski definition) is 1. The van der Waals surface area contributed by atoms with E-state index in [-0.39, 0.29) is 22.3 Å². The van der Waals surface area contributed by atoms with Crippen molar-refractivity contribution in [2.45, 2.75) is 6.92 Å². The maximum absolute atomic E-state index is 13.0. The Hall–Kier alpha value is -3.95. The van der Waals surface area contributed by atoms with Crippen LogP contribution in [0.5, 0.6) is 0 Å². The fourth-order valence-electron chi connectivity index (χ4n) is 2.95.